The molecule has 0 unspecified atom stereocenters. The van der Waals surface area contributed by atoms with E-state index in [4.69, 9.17) is 0 Å². The number of H-pyrrole nitrogens is 1. The Hall–Kier alpha value is -4.66. The number of alkyl halides is 6. The fourth-order valence-electron chi connectivity index (χ4n) is 5.13. The van der Waals surface area contributed by atoms with Gasteiger partial charge in [0.1, 0.15) is 0 Å². The number of hydrogen-bond acceptors (Lipinski definition) is 5. The minimum Gasteiger partial charge on any atom is -0.361 e. The Balaban J connectivity index is 1.44. The van der Waals surface area contributed by atoms with Gasteiger partial charge in [-0.1, -0.05) is 18.2 Å². The molecule has 15 heteroatoms. The van der Waals surface area contributed by atoms with Gasteiger partial charge in [0.05, 0.1) is 22.9 Å². The molecule has 2 N–H and O–H groups in total. The van der Waals surface area contributed by atoms with Crippen molar-refractivity contribution in [2.75, 3.05) is 25.0 Å². The van der Waals surface area contributed by atoms with Crippen molar-refractivity contribution < 1.29 is 40.7 Å². The number of nitrogens with one attached hydrogen (secondary N) is 2. The molecule has 0 aliphatic carbocycles. The van der Waals surface area contributed by atoms with E-state index in [1.165, 1.54) is 40.2 Å². The van der Waals surface area contributed by atoms with Crippen LogP contribution in [0.2, 0.25) is 0 Å². The zero-order valence-electron chi connectivity index (χ0n) is 23.5. The number of nitrogens with zero attached hydrogens (tertiary/aromatic N) is 3. The summed E-state index contributed by atoms with van der Waals surface area (Å²) >= 11 is 1.17. The molecule has 4 aromatic rings. The Morgan fingerprint density at radius 3 is 2.40 bits per heavy atom. The molecule has 0 bridgehead atoms. The summed E-state index contributed by atoms with van der Waals surface area (Å²) in [6.07, 6.45) is -5.61. The lowest BCUT2D eigenvalue weighted by Crippen LogP contribution is -2.57. The number of halogens is 6. The number of carbonyl (C=O) groups is 3. The van der Waals surface area contributed by atoms with Gasteiger partial charge in [-0.05, 0) is 42.3 Å². The van der Waals surface area contributed by atoms with E-state index in [2.05, 4.69) is 15.3 Å². The first-order valence-corrected chi connectivity index (χ1v) is 14.4. The van der Waals surface area contributed by atoms with E-state index in [9.17, 15) is 40.7 Å². The van der Waals surface area contributed by atoms with Crippen LogP contribution in [0.15, 0.2) is 60.1 Å². The second kappa shape index (κ2) is 12.4. The zero-order chi connectivity index (χ0) is 32.5. The van der Waals surface area contributed by atoms with E-state index < -0.39 is 46.9 Å². The lowest BCUT2D eigenvalue weighted by Gasteiger charge is -2.41. The van der Waals surface area contributed by atoms with Gasteiger partial charge in [0, 0.05) is 60.7 Å². The van der Waals surface area contributed by atoms with Gasteiger partial charge in [-0.15, -0.1) is 11.3 Å². The largest absolute Gasteiger partial charge is 0.416 e. The van der Waals surface area contributed by atoms with Crippen LogP contribution in [0.25, 0.3) is 17.0 Å². The summed E-state index contributed by atoms with van der Waals surface area (Å²) in [4.78, 5) is 48.0. The van der Waals surface area contributed by atoms with Crippen molar-refractivity contribution in [3.8, 4) is 0 Å². The van der Waals surface area contributed by atoms with Crippen LogP contribution in [-0.4, -0.2) is 63.2 Å². The molecule has 1 aliphatic heterocycles. The molecular weight excluding hydrogens is 624 g/mol. The molecular formula is C30H25F6N5O3S. The first kappa shape index (κ1) is 31.8. The quantitative estimate of drug-likeness (QED) is 0.191. The molecule has 0 saturated carbocycles. The Morgan fingerprint density at radius 1 is 1.04 bits per heavy atom. The molecule has 8 nitrogen and oxygen atoms in total. The summed E-state index contributed by atoms with van der Waals surface area (Å²) in [5.74, 6) is -1.74. The fourth-order valence-corrected chi connectivity index (χ4v) is 5.85. The monoisotopic (exact) mass is 649 g/mol. The minimum atomic E-state index is -5.11. The highest BCUT2D eigenvalue weighted by Gasteiger charge is 2.39. The predicted octanol–water partition coefficient (Wildman–Crippen LogP) is 6.23. The van der Waals surface area contributed by atoms with Gasteiger partial charge in [-0.3, -0.25) is 14.4 Å². The first-order valence-electron chi connectivity index (χ1n) is 13.5. The van der Waals surface area contributed by atoms with Crippen LogP contribution >= 0.6 is 11.3 Å². The molecule has 3 amide bonds. The summed E-state index contributed by atoms with van der Waals surface area (Å²) < 4.78 is 81.3. The number of aromatic nitrogens is 2. The third-order valence-electron chi connectivity index (χ3n) is 7.22. The summed E-state index contributed by atoms with van der Waals surface area (Å²) in [7, 11) is 0. The molecule has 2 aromatic heterocycles. The number of amides is 3. The van der Waals surface area contributed by atoms with Crippen molar-refractivity contribution in [2.24, 2.45) is 0 Å². The third kappa shape index (κ3) is 7.36. The van der Waals surface area contributed by atoms with Gasteiger partial charge < -0.3 is 20.1 Å². The maximum absolute atomic E-state index is 13.7. The van der Waals surface area contributed by atoms with Crippen molar-refractivity contribution in [3.63, 3.8) is 0 Å². The van der Waals surface area contributed by atoms with Crippen LogP contribution in [0.3, 0.4) is 0 Å². The Morgan fingerprint density at radius 2 is 1.73 bits per heavy atom. The number of aromatic amines is 1. The second-order valence-corrected chi connectivity index (χ2v) is 11.2. The molecule has 236 valence electrons. The number of hydrogen-bond donors (Lipinski definition) is 2. The smallest absolute Gasteiger partial charge is 0.361 e. The highest BCUT2D eigenvalue weighted by atomic mass is 32.1. The van der Waals surface area contributed by atoms with Gasteiger partial charge in [-0.25, -0.2) is 4.98 Å². The van der Waals surface area contributed by atoms with Crippen molar-refractivity contribution in [1.82, 2.24) is 19.8 Å². The van der Waals surface area contributed by atoms with Crippen molar-refractivity contribution in [3.05, 3.63) is 88.1 Å². The van der Waals surface area contributed by atoms with Crippen molar-refractivity contribution in [2.45, 2.75) is 31.7 Å². The Labute approximate surface area is 256 Å². The number of fused-ring (bicyclic) bond motifs is 1. The summed E-state index contributed by atoms with van der Waals surface area (Å²) in [6, 6.07) is 7.34. The van der Waals surface area contributed by atoms with Crippen LogP contribution in [0.4, 0.5) is 31.5 Å². The van der Waals surface area contributed by atoms with Crippen LogP contribution in [0, 0.1) is 0 Å². The molecule has 5 rings (SSSR count). The van der Waals surface area contributed by atoms with E-state index in [0.29, 0.717) is 23.0 Å². The van der Waals surface area contributed by atoms with Crippen molar-refractivity contribution in [1.29, 1.82) is 0 Å². The van der Waals surface area contributed by atoms with E-state index in [-0.39, 0.29) is 38.0 Å². The van der Waals surface area contributed by atoms with Gasteiger partial charge in [0.15, 0.2) is 5.13 Å². The number of piperazine rings is 1. The average molecular weight is 650 g/mol. The standard InChI is InChI=1S/C30H25F6N5O3S/c1-17(42)38-28-39-22(16-45-28)6-7-26(43)40-8-9-41(23(15-40)12-19-14-37-25-5-3-2-4-24(19)25)27(44)18-10-20(29(31,32)33)13-21(11-18)30(34,35)36/h2-7,10-11,13-14,16,23,37H,8-9,12,15H2,1H3,(H,38,39,42)/t23-/m1/s1. The van der Waals surface area contributed by atoms with Crippen LogP contribution in [0.5, 0.6) is 0 Å². The number of anilines is 1. The summed E-state index contributed by atoms with van der Waals surface area (Å²) in [5.41, 5.74) is -1.95. The topological polar surface area (TPSA) is 98.4 Å². The third-order valence-corrected chi connectivity index (χ3v) is 8.00. The highest BCUT2D eigenvalue weighted by molar-refractivity contribution is 7.14. The zero-order valence-corrected chi connectivity index (χ0v) is 24.3. The van der Waals surface area contributed by atoms with E-state index in [1.54, 1.807) is 17.6 Å². The molecule has 1 atom stereocenters. The van der Waals surface area contributed by atoms with Gasteiger partial charge >= 0.3 is 12.4 Å². The Bertz CT molecular complexity index is 1750. The van der Waals surface area contributed by atoms with E-state index in [0.717, 1.165) is 16.5 Å². The molecule has 2 aromatic carbocycles. The number of thiazole rings is 1. The molecule has 0 spiro atoms. The first-order chi connectivity index (χ1) is 21.2. The fraction of sp³-hybridized carbons (Fsp3) is 0.267. The van der Waals surface area contributed by atoms with Crippen LogP contribution in [-0.2, 0) is 28.4 Å². The number of rotatable bonds is 6. The van der Waals surface area contributed by atoms with E-state index >= 15 is 0 Å². The van der Waals surface area contributed by atoms with Crippen molar-refractivity contribution >= 4 is 51.2 Å². The lowest BCUT2D eigenvalue weighted by molar-refractivity contribution is -0.143. The Kier molecular flexibility index (Phi) is 8.74. The molecule has 0 radical (unpaired) electrons. The SMILES string of the molecule is CC(=O)Nc1nc(C=CC(=O)N2CCN(C(=O)c3cc(C(F)(F)F)cc(C(F)(F)F)c3)[C@H](Cc3c[nH]c4ccccc34)C2)cs1. The second-order valence-electron chi connectivity index (χ2n) is 10.4. The van der Waals surface area contributed by atoms with Gasteiger partial charge in [-0.2, -0.15) is 26.3 Å². The highest BCUT2D eigenvalue weighted by Crippen LogP contribution is 2.37. The average Bonchev–Trinajstić information content (AvgIpc) is 3.60. The number of carbonyl (C=O) groups excluding carboxylic acids is 3. The predicted molar refractivity (Wildman–Crippen MR) is 155 cm³/mol. The van der Waals surface area contributed by atoms with Crippen LogP contribution < -0.4 is 5.32 Å². The van der Waals surface area contributed by atoms with E-state index in [1.807, 2.05) is 18.2 Å². The van der Waals surface area contributed by atoms with Gasteiger partial charge in [0.25, 0.3) is 5.91 Å². The van der Waals surface area contributed by atoms with Gasteiger partial charge in [0.2, 0.25) is 11.8 Å². The molecule has 3 heterocycles. The minimum absolute atomic E-state index is 0.0153. The maximum atomic E-state index is 13.7. The normalized spacial score (nSPS) is 16.0. The van der Waals surface area contributed by atoms with Crippen LogP contribution in [0.1, 0.15) is 39.7 Å². The molecule has 1 fully saturated rings. The molecule has 1 aliphatic rings. The lowest BCUT2D eigenvalue weighted by atomic mass is 9.98. The summed E-state index contributed by atoms with van der Waals surface area (Å²) in [6.45, 7) is 1.15. The maximum Gasteiger partial charge on any atom is 0.416 e. The molecule has 1 saturated heterocycles. The summed E-state index contributed by atoms with van der Waals surface area (Å²) in [5, 5.41) is 5.35. The number of benzene rings is 2. The number of para-hydroxylation sites is 1. The molecule has 45 heavy (non-hydrogen) atoms.